The summed E-state index contributed by atoms with van der Waals surface area (Å²) in [5.74, 6) is 2.49. The van der Waals surface area contributed by atoms with E-state index in [0.29, 0.717) is 6.61 Å². The zero-order chi connectivity index (χ0) is 14.7. The Balaban J connectivity index is 1.77. The van der Waals surface area contributed by atoms with E-state index in [0.717, 1.165) is 23.8 Å². The van der Waals surface area contributed by atoms with Crippen LogP contribution < -0.4 is 19.5 Å². The van der Waals surface area contributed by atoms with E-state index in [1.165, 1.54) is 16.7 Å². The topological polar surface area (TPSA) is 39.7 Å². The second-order valence-electron chi connectivity index (χ2n) is 6.31. The number of fused-ring (bicyclic) bond motifs is 6. The number of benzene rings is 2. The SMILES string of the molecule is CC12c3ccccc3CN[C@@H]1COc1cc3c(cc12)OCO3. The fourth-order valence-electron chi connectivity index (χ4n) is 3.99. The molecule has 22 heavy (non-hydrogen) atoms. The molecule has 1 N–H and O–H groups in total. The van der Waals surface area contributed by atoms with E-state index >= 15 is 0 Å². The minimum Gasteiger partial charge on any atom is -0.491 e. The maximum absolute atomic E-state index is 6.00. The molecule has 0 saturated heterocycles. The minimum absolute atomic E-state index is 0.122. The third kappa shape index (κ3) is 1.45. The van der Waals surface area contributed by atoms with Crippen molar-refractivity contribution in [3.8, 4) is 17.2 Å². The van der Waals surface area contributed by atoms with Gasteiger partial charge in [-0.1, -0.05) is 24.3 Å². The van der Waals surface area contributed by atoms with Gasteiger partial charge in [0.05, 0.1) is 6.04 Å². The van der Waals surface area contributed by atoms with Gasteiger partial charge in [-0.2, -0.15) is 0 Å². The zero-order valence-electron chi connectivity index (χ0n) is 12.4. The Morgan fingerprint density at radius 3 is 2.73 bits per heavy atom. The first-order valence-corrected chi connectivity index (χ1v) is 7.65. The molecule has 3 heterocycles. The van der Waals surface area contributed by atoms with Crippen molar-refractivity contribution in [1.82, 2.24) is 5.32 Å². The standard InChI is InChI=1S/C18H17NO3/c1-18-12-5-3-2-4-11(12)8-19-17(18)9-20-14-7-16-15(6-13(14)18)21-10-22-16/h2-7,17,19H,8-10H2,1H3/t17-,18?/m1/s1. The van der Waals surface area contributed by atoms with Crippen LogP contribution >= 0.6 is 0 Å². The predicted molar refractivity (Wildman–Crippen MR) is 81.6 cm³/mol. The Bertz CT molecular complexity index is 773. The molecule has 4 nitrogen and oxygen atoms in total. The molecule has 0 fully saturated rings. The smallest absolute Gasteiger partial charge is 0.231 e. The van der Waals surface area contributed by atoms with Crippen molar-refractivity contribution >= 4 is 0 Å². The second kappa shape index (κ2) is 4.17. The summed E-state index contributed by atoms with van der Waals surface area (Å²) in [5, 5.41) is 3.63. The summed E-state index contributed by atoms with van der Waals surface area (Å²) in [6.45, 7) is 4.14. The molecule has 4 heteroatoms. The van der Waals surface area contributed by atoms with E-state index in [9.17, 15) is 0 Å². The van der Waals surface area contributed by atoms with Crippen LogP contribution in [0.3, 0.4) is 0 Å². The zero-order valence-corrected chi connectivity index (χ0v) is 12.4. The average Bonchev–Trinajstić information content (AvgIpc) is 3.00. The van der Waals surface area contributed by atoms with Gasteiger partial charge in [-0.05, 0) is 24.1 Å². The Labute approximate surface area is 129 Å². The summed E-state index contributed by atoms with van der Waals surface area (Å²) < 4.78 is 17.1. The number of rotatable bonds is 0. The molecule has 2 aromatic rings. The van der Waals surface area contributed by atoms with Gasteiger partial charge in [0.2, 0.25) is 6.79 Å². The highest BCUT2D eigenvalue weighted by Crippen LogP contribution is 2.50. The summed E-state index contributed by atoms with van der Waals surface area (Å²) >= 11 is 0. The minimum atomic E-state index is -0.122. The quantitative estimate of drug-likeness (QED) is 0.811. The third-order valence-electron chi connectivity index (χ3n) is 5.25. The van der Waals surface area contributed by atoms with E-state index in [4.69, 9.17) is 14.2 Å². The van der Waals surface area contributed by atoms with Crippen LogP contribution in [-0.2, 0) is 12.0 Å². The molecule has 0 amide bonds. The number of ether oxygens (including phenoxy) is 3. The number of hydrogen-bond acceptors (Lipinski definition) is 4. The van der Waals surface area contributed by atoms with Crippen LogP contribution in [0.4, 0.5) is 0 Å². The largest absolute Gasteiger partial charge is 0.491 e. The summed E-state index contributed by atoms with van der Waals surface area (Å²) in [6, 6.07) is 13.0. The molecule has 0 aliphatic carbocycles. The third-order valence-corrected chi connectivity index (χ3v) is 5.25. The molecule has 2 atom stereocenters. The lowest BCUT2D eigenvalue weighted by molar-refractivity contribution is 0.173. The molecule has 3 aliphatic heterocycles. The first-order chi connectivity index (χ1) is 10.8. The number of hydrogen-bond donors (Lipinski definition) is 1. The molecule has 0 spiro atoms. The molecule has 0 saturated carbocycles. The fraction of sp³-hybridized carbons (Fsp3) is 0.333. The van der Waals surface area contributed by atoms with Crippen LogP contribution in [0.2, 0.25) is 0 Å². The van der Waals surface area contributed by atoms with Crippen molar-refractivity contribution in [1.29, 1.82) is 0 Å². The van der Waals surface area contributed by atoms with Gasteiger partial charge < -0.3 is 19.5 Å². The Kier molecular flexibility index (Phi) is 2.34. The van der Waals surface area contributed by atoms with Crippen LogP contribution in [0, 0.1) is 0 Å². The fourth-order valence-corrected chi connectivity index (χ4v) is 3.99. The van der Waals surface area contributed by atoms with E-state index < -0.39 is 0 Å². The molecule has 0 aromatic heterocycles. The molecular weight excluding hydrogens is 278 g/mol. The average molecular weight is 295 g/mol. The Hall–Kier alpha value is -2.20. The highest BCUT2D eigenvalue weighted by Gasteiger charge is 2.47. The lowest BCUT2D eigenvalue weighted by atomic mass is 9.66. The summed E-state index contributed by atoms with van der Waals surface area (Å²) in [6.07, 6.45) is 0. The van der Waals surface area contributed by atoms with Crippen LogP contribution in [0.25, 0.3) is 0 Å². The van der Waals surface area contributed by atoms with Gasteiger partial charge in [-0.3, -0.25) is 0 Å². The molecule has 112 valence electrons. The van der Waals surface area contributed by atoms with Gasteiger partial charge >= 0.3 is 0 Å². The van der Waals surface area contributed by atoms with Crippen LogP contribution in [0.1, 0.15) is 23.6 Å². The second-order valence-corrected chi connectivity index (χ2v) is 6.31. The van der Waals surface area contributed by atoms with E-state index in [1.807, 2.05) is 6.07 Å². The Morgan fingerprint density at radius 2 is 1.82 bits per heavy atom. The summed E-state index contributed by atoms with van der Waals surface area (Å²) in [5.41, 5.74) is 3.78. The van der Waals surface area contributed by atoms with Crippen molar-refractivity contribution in [2.45, 2.75) is 24.9 Å². The van der Waals surface area contributed by atoms with Crippen LogP contribution in [0.5, 0.6) is 17.2 Å². The number of nitrogens with one attached hydrogen (secondary N) is 1. The lowest BCUT2D eigenvalue weighted by Gasteiger charge is -2.47. The predicted octanol–water partition coefficient (Wildman–Crippen LogP) is 2.59. The molecular formula is C18H17NO3. The van der Waals surface area contributed by atoms with Gasteiger partial charge in [-0.25, -0.2) is 0 Å². The van der Waals surface area contributed by atoms with Crippen LogP contribution in [0.15, 0.2) is 36.4 Å². The van der Waals surface area contributed by atoms with Gasteiger partial charge in [0.1, 0.15) is 12.4 Å². The van der Waals surface area contributed by atoms with E-state index in [1.54, 1.807) is 0 Å². The van der Waals surface area contributed by atoms with Gasteiger partial charge in [0.15, 0.2) is 11.5 Å². The molecule has 2 aromatic carbocycles. The van der Waals surface area contributed by atoms with Crippen molar-refractivity contribution in [2.75, 3.05) is 13.4 Å². The summed E-state index contributed by atoms with van der Waals surface area (Å²) in [4.78, 5) is 0. The highest BCUT2D eigenvalue weighted by atomic mass is 16.7. The van der Waals surface area contributed by atoms with Crippen molar-refractivity contribution in [2.24, 2.45) is 0 Å². The first-order valence-electron chi connectivity index (χ1n) is 7.65. The first kappa shape index (κ1) is 12.4. The molecule has 0 radical (unpaired) electrons. The molecule has 0 bridgehead atoms. The van der Waals surface area contributed by atoms with Gasteiger partial charge in [0.25, 0.3) is 0 Å². The molecule has 5 rings (SSSR count). The van der Waals surface area contributed by atoms with Gasteiger partial charge in [0, 0.05) is 23.6 Å². The lowest BCUT2D eigenvalue weighted by Crippen LogP contribution is -2.56. The maximum atomic E-state index is 6.00. The highest BCUT2D eigenvalue weighted by molar-refractivity contribution is 5.60. The Morgan fingerprint density at radius 1 is 1.00 bits per heavy atom. The van der Waals surface area contributed by atoms with Crippen molar-refractivity contribution in [3.63, 3.8) is 0 Å². The normalized spacial score (nSPS) is 27.4. The molecule has 1 unspecified atom stereocenters. The van der Waals surface area contributed by atoms with E-state index in [-0.39, 0.29) is 18.2 Å². The molecule has 3 aliphatic rings. The van der Waals surface area contributed by atoms with Gasteiger partial charge in [-0.15, -0.1) is 0 Å². The van der Waals surface area contributed by atoms with E-state index in [2.05, 4.69) is 42.6 Å². The van der Waals surface area contributed by atoms with Crippen LogP contribution in [-0.4, -0.2) is 19.4 Å². The van der Waals surface area contributed by atoms with Crippen molar-refractivity contribution in [3.05, 3.63) is 53.1 Å². The maximum Gasteiger partial charge on any atom is 0.231 e. The monoisotopic (exact) mass is 295 g/mol. The van der Waals surface area contributed by atoms with Crippen molar-refractivity contribution < 1.29 is 14.2 Å². The summed E-state index contributed by atoms with van der Waals surface area (Å²) in [7, 11) is 0.